The fourth-order valence-electron chi connectivity index (χ4n) is 1.49. The molecule has 0 aromatic heterocycles. The topological polar surface area (TPSA) is 35.2 Å². The second kappa shape index (κ2) is 5.96. The van der Waals surface area contributed by atoms with Crippen LogP contribution in [0.4, 0.5) is 13.2 Å². The van der Waals surface area contributed by atoms with Gasteiger partial charge in [0, 0.05) is 12.4 Å². The summed E-state index contributed by atoms with van der Waals surface area (Å²) in [7, 11) is 0. The van der Waals surface area contributed by atoms with Crippen molar-refractivity contribution in [1.29, 1.82) is 0 Å². The number of thioether (sulfide) groups is 1. The fourth-order valence-corrected chi connectivity index (χ4v) is 2.69. The minimum Gasteiger partial charge on any atom is -0.377 e. The van der Waals surface area contributed by atoms with E-state index in [0.29, 0.717) is 12.4 Å². The average Bonchev–Trinajstić information content (AvgIpc) is 2.62. The second-order valence-corrected chi connectivity index (χ2v) is 4.81. The van der Waals surface area contributed by atoms with Gasteiger partial charge in [-0.25, -0.2) is 0 Å². The van der Waals surface area contributed by atoms with Crippen molar-refractivity contribution in [2.45, 2.75) is 36.8 Å². The average molecular weight is 243 g/mol. The van der Waals surface area contributed by atoms with Gasteiger partial charge in [-0.1, -0.05) is 0 Å². The summed E-state index contributed by atoms with van der Waals surface area (Å²) in [6.07, 6.45) is -2.33. The van der Waals surface area contributed by atoms with Gasteiger partial charge >= 0.3 is 6.18 Å². The Morgan fingerprint density at radius 2 is 2.20 bits per heavy atom. The predicted octanol–water partition coefficient (Wildman–Crippen LogP) is 2.18. The van der Waals surface area contributed by atoms with Crippen molar-refractivity contribution in [2.75, 3.05) is 18.9 Å². The highest BCUT2D eigenvalue weighted by Crippen LogP contribution is 2.33. The van der Waals surface area contributed by atoms with Crippen molar-refractivity contribution >= 4 is 11.8 Å². The second-order valence-electron chi connectivity index (χ2n) is 3.58. The first-order valence-corrected chi connectivity index (χ1v) is 6.09. The third-order valence-corrected chi connectivity index (χ3v) is 3.77. The molecule has 0 aromatic carbocycles. The summed E-state index contributed by atoms with van der Waals surface area (Å²) in [5.74, 6) is 0.421. The molecule has 2 atom stereocenters. The predicted molar refractivity (Wildman–Crippen MR) is 54.9 cm³/mol. The first-order valence-electron chi connectivity index (χ1n) is 5.04. The van der Waals surface area contributed by atoms with Crippen molar-refractivity contribution in [2.24, 2.45) is 5.73 Å². The number of ether oxygens (including phenoxy) is 1. The van der Waals surface area contributed by atoms with Gasteiger partial charge in [0.05, 0.1) is 6.10 Å². The van der Waals surface area contributed by atoms with Crippen LogP contribution in [0.5, 0.6) is 0 Å². The Kier molecular flexibility index (Phi) is 5.22. The Labute approximate surface area is 91.7 Å². The van der Waals surface area contributed by atoms with Crippen molar-refractivity contribution in [3.05, 3.63) is 0 Å². The first kappa shape index (κ1) is 13.1. The van der Waals surface area contributed by atoms with Crippen molar-refractivity contribution in [1.82, 2.24) is 0 Å². The van der Waals surface area contributed by atoms with Crippen molar-refractivity contribution < 1.29 is 17.9 Å². The molecule has 2 nitrogen and oxygen atoms in total. The highest BCUT2D eigenvalue weighted by molar-refractivity contribution is 8.00. The number of hydrogen-bond acceptors (Lipinski definition) is 3. The van der Waals surface area contributed by atoms with Crippen molar-refractivity contribution in [3.63, 3.8) is 0 Å². The zero-order chi connectivity index (χ0) is 11.3. The van der Waals surface area contributed by atoms with Gasteiger partial charge in [0.1, 0.15) is 5.25 Å². The van der Waals surface area contributed by atoms with E-state index in [1.54, 1.807) is 0 Å². The summed E-state index contributed by atoms with van der Waals surface area (Å²) in [6.45, 7) is 0.751. The zero-order valence-electron chi connectivity index (χ0n) is 8.43. The van der Waals surface area contributed by atoms with Crippen LogP contribution in [0.3, 0.4) is 0 Å². The highest BCUT2D eigenvalue weighted by atomic mass is 32.2. The number of alkyl halides is 3. The summed E-state index contributed by atoms with van der Waals surface area (Å²) >= 11 is 0.920. The minimum atomic E-state index is -4.15. The van der Waals surface area contributed by atoms with E-state index < -0.39 is 11.4 Å². The molecule has 15 heavy (non-hydrogen) atoms. The maximum Gasteiger partial charge on any atom is 0.400 e. The summed E-state index contributed by atoms with van der Waals surface area (Å²) in [5, 5.41) is -1.34. The van der Waals surface area contributed by atoms with Gasteiger partial charge < -0.3 is 10.5 Å². The molecule has 1 saturated heterocycles. The standard InChI is InChI=1S/C9H16F3NOS/c10-9(11,12)8(3-4-13)15-6-7-2-1-5-14-7/h7-8H,1-6,13H2. The van der Waals surface area contributed by atoms with E-state index in [2.05, 4.69) is 0 Å². The number of nitrogens with two attached hydrogens (primary N) is 1. The van der Waals surface area contributed by atoms with E-state index in [1.165, 1.54) is 0 Å². The maximum atomic E-state index is 12.5. The molecule has 0 bridgehead atoms. The molecule has 0 aromatic rings. The lowest BCUT2D eigenvalue weighted by Crippen LogP contribution is -2.29. The molecule has 6 heteroatoms. The van der Waals surface area contributed by atoms with Gasteiger partial charge in [-0.2, -0.15) is 13.2 Å². The molecule has 1 heterocycles. The normalized spacial score (nSPS) is 24.4. The fraction of sp³-hybridized carbons (Fsp3) is 1.00. The van der Waals surface area contributed by atoms with E-state index in [9.17, 15) is 13.2 Å². The lowest BCUT2D eigenvalue weighted by Gasteiger charge is -2.20. The van der Waals surface area contributed by atoms with Crippen LogP contribution < -0.4 is 5.73 Å². The first-order chi connectivity index (χ1) is 7.04. The van der Waals surface area contributed by atoms with Crippen LogP contribution >= 0.6 is 11.8 Å². The third kappa shape index (κ3) is 4.61. The molecule has 0 spiro atoms. The van der Waals surface area contributed by atoms with Gasteiger partial charge in [-0.15, -0.1) is 11.8 Å². The van der Waals surface area contributed by atoms with Gasteiger partial charge in [0.25, 0.3) is 0 Å². The van der Waals surface area contributed by atoms with Gasteiger partial charge in [-0.05, 0) is 25.8 Å². The Hall–Kier alpha value is 0.0600. The van der Waals surface area contributed by atoms with E-state index >= 15 is 0 Å². The van der Waals surface area contributed by atoms with Crippen LogP contribution in [-0.2, 0) is 4.74 Å². The summed E-state index contributed by atoms with van der Waals surface area (Å²) in [5.41, 5.74) is 5.17. The van der Waals surface area contributed by atoms with E-state index in [1.807, 2.05) is 0 Å². The molecule has 2 unspecified atom stereocenters. The minimum absolute atomic E-state index is 0.00220. The molecule has 1 aliphatic rings. The molecule has 2 N–H and O–H groups in total. The van der Waals surface area contributed by atoms with Crippen LogP contribution in [0.2, 0.25) is 0 Å². The molecule has 1 aliphatic heterocycles. The Bertz CT molecular complexity index is 183. The quantitative estimate of drug-likeness (QED) is 0.803. The lowest BCUT2D eigenvalue weighted by molar-refractivity contribution is -0.129. The Morgan fingerprint density at radius 3 is 2.67 bits per heavy atom. The zero-order valence-corrected chi connectivity index (χ0v) is 9.24. The molecular formula is C9H16F3NOS. The van der Waals surface area contributed by atoms with Gasteiger partial charge in [0.15, 0.2) is 0 Å². The molecule has 0 amide bonds. The Morgan fingerprint density at radius 1 is 1.47 bits per heavy atom. The monoisotopic (exact) mass is 243 g/mol. The summed E-state index contributed by atoms with van der Waals surface area (Å²) < 4.78 is 42.7. The molecular weight excluding hydrogens is 227 g/mol. The Balaban J connectivity index is 2.30. The molecule has 90 valence electrons. The maximum absolute atomic E-state index is 12.5. The number of hydrogen-bond donors (Lipinski definition) is 1. The third-order valence-electron chi connectivity index (χ3n) is 2.30. The van der Waals surface area contributed by atoms with Gasteiger partial charge in [0.2, 0.25) is 0 Å². The lowest BCUT2D eigenvalue weighted by atomic mass is 10.3. The molecule has 0 saturated carbocycles. The van der Waals surface area contributed by atoms with Crippen LogP contribution in [0, 0.1) is 0 Å². The highest BCUT2D eigenvalue weighted by Gasteiger charge is 2.39. The van der Waals surface area contributed by atoms with Crippen LogP contribution in [0.1, 0.15) is 19.3 Å². The number of rotatable bonds is 5. The molecule has 1 rings (SSSR count). The van der Waals surface area contributed by atoms with Crippen LogP contribution in [0.25, 0.3) is 0 Å². The van der Waals surface area contributed by atoms with E-state index in [4.69, 9.17) is 10.5 Å². The summed E-state index contributed by atoms with van der Waals surface area (Å²) in [4.78, 5) is 0. The van der Waals surface area contributed by atoms with Crippen LogP contribution in [-0.4, -0.2) is 36.4 Å². The summed E-state index contributed by atoms with van der Waals surface area (Å²) in [6, 6.07) is 0. The smallest absolute Gasteiger partial charge is 0.377 e. The van der Waals surface area contributed by atoms with E-state index in [-0.39, 0.29) is 19.1 Å². The molecule has 0 aliphatic carbocycles. The molecule has 0 radical (unpaired) electrons. The molecule has 1 fully saturated rings. The van der Waals surface area contributed by atoms with Gasteiger partial charge in [-0.3, -0.25) is 0 Å². The SMILES string of the molecule is NCCC(SCC1CCCO1)C(F)(F)F. The van der Waals surface area contributed by atoms with Crippen LogP contribution in [0.15, 0.2) is 0 Å². The number of halogens is 3. The largest absolute Gasteiger partial charge is 0.400 e. The van der Waals surface area contributed by atoms with E-state index in [0.717, 1.165) is 24.6 Å². The van der Waals surface area contributed by atoms with Crippen molar-refractivity contribution in [3.8, 4) is 0 Å².